The van der Waals surface area contributed by atoms with Crippen LogP contribution in [0.4, 0.5) is 4.79 Å². The van der Waals surface area contributed by atoms with E-state index in [1.54, 1.807) is 0 Å². The second kappa shape index (κ2) is 5.94. The Morgan fingerprint density at radius 1 is 1.38 bits per heavy atom. The Hall–Kier alpha value is -2.34. The lowest BCUT2D eigenvalue weighted by atomic mass is 9.96. The topological polar surface area (TPSA) is 76.4 Å². The molecule has 24 heavy (non-hydrogen) atoms. The number of piperidine rings is 1. The molecule has 1 aliphatic heterocycles. The highest BCUT2D eigenvalue weighted by molar-refractivity contribution is 5.67. The number of benzene rings is 1. The van der Waals surface area contributed by atoms with E-state index < -0.39 is 6.09 Å². The highest BCUT2D eigenvalue weighted by atomic mass is 16.5. The smallest absolute Gasteiger partial charge is 0.407 e. The van der Waals surface area contributed by atoms with Gasteiger partial charge in [0.1, 0.15) is 12.4 Å². The van der Waals surface area contributed by atoms with Gasteiger partial charge in [0.15, 0.2) is 0 Å². The van der Waals surface area contributed by atoms with Crippen molar-refractivity contribution in [2.24, 2.45) is 11.8 Å². The van der Waals surface area contributed by atoms with Crippen LogP contribution in [0.15, 0.2) is 40.9 Å². The van der Waals surface area contributed by atoms with Crippen LogP contribution in [0, 0.1) is 18.8 Å². The summed E-state index contributed by atoms with van der Waals surface area (Å²) >= 11 is 0. The van der Waals surface area contributed by atoms with Crippen LogP contribution in [0.5, 0.6) is 0 Å². The van der Waals surface area contributed by atoms with Gasteiger partial charge in [0.05, 0.1) is 11.1 Å². The lowest BCUT2D eigenvalue weighted by molar-refractivity contribution is 0.126. The first-order valence-corrected chi connectivity index (χ1v) is 8.29. The van der Waals surface area contributed by atoms with Crippen LogP contribution in [0.1, 0.15) is 17.0 Å². The Kier molecular flexibility index (Phi) is 3.76. The van der Waals surface area contributed by atoms with E-state index in [1.165, 1.54) is 0 Å². The van der Waals surface area contributed by atoms with Gasteiger partial charge in [-0.3, -0.25) is 0 Å². The molecule has 126 valence electrons. The molecule has 2 atom stereocenters. The van der Waals surface area contributed by atoms with Crippen molar-refractivity contribution < 1.29 is 14.1 Å². The molecular weight excluding hydrogens is 306 g/mol. The number of aryl methyl sites for hydroxylation is 1. The summed E-state index contributed by atoms with van der Waals surface area (Å²) in [5, 5.41) is 10.4. The summed E-state index contributed by atoms with van der Waals surface area (Å²) in [5.74, 6) is 1.71. The van der Waals surface area contributed by atoms with Crippen LogP contribution in [-0.2, 0) is 16.7 Å². The van der Waals surface area contributed by atoms with E-state index in [2.05, 4.69) is 15.8 Å². The minimum absolute atomic E-state index is 0.187. The van der Waals surface area contributed by atoms with Crippen molar-refractivity contribution in [3.8, 4) is 0 Å². The van der Waals surface area contributed by atoms with Crippen molar-refractivity contribution in [3.63, 3.8) is 0 Å². The van der Waals surface area contributed by atoms with E-state index in [0.29, 0.717) is 25.0 Å². The van der Waals surface area contributed by atoms with Gasteiger partial charge >= 0.3 is 6.09 Å². The Bertz CT molecular complexity index is 718. The molecule has 1 aromatic carbocycles. The monoisotopic (exact) mass is 327 g/mol. The van der Waals surface area contributed by atoms with Crippen molar-refractivity contribution in [2.45, 2.75) is 18.9 Å². The van der Waals surface area contributed by atoms with Crippen LogP contribution in [0.2, 0.25) is 0 Å². The van der Waals surface area contributed by atoms with Gasteiger partial charge in [-0.1, -0.05) is 35.5 Å². The number of nitrogens with one attached hydrogen (secondary N) is 2. The Morgan fingerprint density at radius 3 is 2.79 bits per heavy atom. The van der Waals surface area contributed by atoms with Crippen LogP contribution >= 0.6 is 0 Å². The van der Waals surface area contributed by atoms with Gasteiger partial charge in [0.2, 0.25) is 0 Å². The van der Waals surface area contributed by atoms with Gasteiger partial charge in [-0.05, 0) is 37.4 Å². The molecular formula is C18H21N3O3. The van der Waals surface area contributed by atoms with Gasteiger partial charge in [-0.2, -0.15) is 0 Å². The number of amides is 1. The van der Waals surface area contributed by atoms with Crippen molar-refractivity contribution >= 4 is 6.09 Å². The number of carbonyl (C=O) groups excluding carboxylic acids is 1. The molecule has 2 fully saturated rings. The summed E-state index contributed by atoms with van der Waals surface area (Å²) < 4.78 is 10.8. The number of aromatic nitrogens is 1. The number of carbonyl (C=O) groups is 1. The van der Waals surface area contributed by atoms with Crippen LogP contribution < -0.4 is 10.6 Å². The Morgan fingerprint density at radius 2 is 2.12 bits per heavy atom. The quantitative estimate of drug-likeness (QED) is 0.878. The average molecular weight is 327 g/mol. The third-order valence-corrected chi connectivity index (χ3v) is 5.26. The molecule has 0 radical (unpaired) electrons. The first-order chi connectivity index (χ1) is 11.7. The average Bonchev–Trinajstić information content (AvgIpc) is 2.99. The van der Waals surface area contributed by atoms with Gasteiger partial charge in [-0.25, -0.2) is 4.79 Å². The molecule has 2 N–H and O–H groups in total. The fourth-order valence-corrected chi connectivity index (χ4v) is 3.91. The number of rotatable bonds is 5. The molecule has 1 amide bonds. The summed E-state index contributed by atoms with van der Waals surface area (Å²) in [5.41, 5.74) is 1.77. The largest absolute Gasteiger partial charge is 0.449 e. The molecule has 1 saturated carbocycles. The minimum Gasteiger partial charge on any atom is -0.449 e. The molecule has 2 aromatic rings. The van der Waals surface area contributed by atoms with Crippen molar-refractivity contribution in [3.05, 3.63) is 53.4 Å². The molecule has 6 heteroatoms. The van der Waals surface area contributed by atoms with Crippen LogP contribution in [-0.4, -0.2) is 30.9 Å². The van der Waals surface area contributed by atoms with E-state index in [4.69, 9.17) is 9.26 Å². The summed E-state index contributed by atoms with van der Waals surface area (Å²) in [4.78, 5) is 12.1. The number of alkyl carbamates (subject to hydrolysis) is 1. The van der Waals surface area contributed by atoms with E-state index in [-0.39, 0.29) is 5.41 Å². The Labute approximate surface area is 140 Å². The second-order valence-electron chi connectivity index (χ2n) is 6.65. The van der Waals surface area contributed by atoms with Crippen LogP contribution in [0.25, 0.3) is 0 Å². The summed E-state index contributed by atoms with van der Waals surface area (Å²) in [6.07, 6.45) is -0.392. The molecule has 0 bridgehead atoms. The lowest BCUT2D eigenvalue weighted by Gasteiger charge is -2.19. The third kappa shape index (κ3) is 2.57. The maximum atomic E-state index is 12.1. The predicted molar refractivity (Wildman–Crippen MR) is 87.4 cm³/mol. The highest BCUT2D eigenvalue weighted by Crippen LogP contribution is 2.61. The number of hydrogen-bond donors (Lipinski definition) is 2. The fraction of sp³-hybridized carbons (Fsp3) is 0.444. The number of nitrogens with zero attached hydrogens (tertiary/aromatic N) is 1. The molecule has 4 rings (SSSR count). The molecule has 1 aliphatic carbocycles. The fourth-order valence-electron chi connectivity index (χ4n) is 3.91. The zero-order valence-electron chi connectivity index (χ0n) is 13.6. The molecule has 1 saturated heterocycles. The molecule has 1 aromatic heterocycles. The van der Waals surface area contributed by atoms with Crippen LogP contribution in [0.3, 0.4) is 0 Å². The molecule has 0 spiro atoms. The van der Waals surface area contributed by atoms with E-state index in [9.17, 15) is 4.79 Å². The zero-order valence-corrected chi connectivity index (χ0v) is 13.6. The first kappa shape index (κ1) is 15.2. The molecule has 2 unspecified atom stereocenters. The number of ether oxygens (including phenoxy) is 1. The van der Waals surface area contributed by atoms with Crippen molar-refractivity contribution in [1.29, 1.82) is 0 Å². The Balaban J connectivity index is 1.37. The van der Waals surface area contributed by atoms with Gasteiger partial charge in [0, 0.05) is 12.6 Å². The number of hydrogen-bond acceptors (Lipinski definition) is 5. The predicted octanol–water partition coefficient (Wildman–Crippen LogP) is 2.00. The van der Waals surface area contributed by atoms with E-state index in [1.807, 2.05) is 43.3 Å². The molecule has 6 nitrogen and oxygen atoms in total. The highest BCUT2D eigenvalue weighted by Gasteiger charge is 2.69. The third-order valence-electron chi connectivity index (χ3n) is 5.26. The van der Waals surface area contributed by atoms with Gasteiger partial charge in [-0.15, -0.1) is 0 Å². The van der Waals surface area contributed by atoms with Crippen molar-refractivity contribution in [2.75, 3.05) is 19.7 Å². The maximum absolute atomic E-state index is 12.1. The maximum Gasteiger partial charge on any atom is 0.407 e. The normalized spacial score (nSPS) is 27.5. The summed E-state index contributed by atoms with van der Waals surface area (Å²) in [6, 6.07) is 11.7. The van der Waals surface area contributed by atoms with Gasteiger partial charge in [0.25, 0.3) is 0 Å². The summed E-state index contributed by atoms with van der Waals surface area (Å²) in [7, 11) is 0. The number of fused-ring (bicyclic) bond motifs is 1. The minimum atomic E-state index is -0.392. The second-order valence-corrected chi connectivity index (χ2v) is 6.65. The zero-order chi connectivity index (χ0) is 16.6. The van der Waals surface area contributed by atoms with E-state index >= 15 is 0 Å². The lowest BCUT2D eigenvalue weighted by Crippen LogP contribution is -2.33. The molecule has 2 aliphatic rings. The first-order valence-electron chi connectivity index (χ1n) is 8.29. The summed E-state index contributed by atoms with van der Waals surface area (Å²) in [6.45, 7) is 4.56. The standard InChI is InChI=1S/C18H21N3O3/c1-12-7-16(21-24-12)18(14-9-19-10-15(14)18)11-23-17(22)20-8-13-5-3-2-4-6-13/h2-7,14-15,19H,8-11H2,1H3,(H,20,22). The van der Waals surface area contributed by atoms with Gasteiger partial charge < -0.3 is 19.9 Å². The van der Waals surface area contributed by atoms with E-state index in [0.717, 1.165) is 30.1 Å². The van der Waals surface area contributed by atoms with Crippen molar-refractivity contribution in [1.82, 2.24) is 15.8 Å². The SMILES string of the molecule is Cc1cc(C2(COC(=O)NCc3ccccc3)C3CNCC32)no1. The molecule has 2 heterocycles.